The van der Waals surface area contributed by atoms with Gasteiger partial charge in [0.25, 0.3) is 0 Å². The maximum Gasteiger partial charge on any atom is 0.192 e. The zero-order chi connectivity index (χ0) is 14.1. The molecule has 0 spiro atoms. The van der Waals surface area contributed by atoms with Crippen LogP contribution in [-0.4, -0.2) is 44.8 Å². The Morgan fingerprint density at radius 2 is 2.05 bits per heavy atom. The molecule has 2 aliphatic heterocycles. The Morgan fingerprint density at radius 1 is 1.32 bits per heavy atom. The molecule has 0 aliphatic carbocycles. The van der Waals surface area contributed by atoms with Gasteiger partial charge in [-0.25, -0.2) is 0 Å². The molecule has 2 rings (SSSR count). The van der Waals surface area contributed by atoms with Gasteiger partial charge in [0.1, 0.15) is 0 Å². The van der Waals surface area contributed by atoms with Crippen molar-refractivity contribution in [1.82, 2.24) is 4.90 Å². The molecule has 1 saturated heterocycles. The maximum absolute atomic E-state index is 6.41. The third-order valence-electron chi connectivity index (χ3n) is 5.00. The van der Waals surface area contributed by atoms with E-state index in [0.29, 0.717) is 11.1 Å². The van der Waals surface area contributed by atoms with Crippen molar-refractivity contribution < 1.29 is 4.43 Å². The molecule has 1 unspecified atom stereocenters. The quantitative estimate of drug-likeness (QED) is 0.738. The first-order chi connectivity index (χ1) is 8.81. The molecular formula is C15H30N2OSi. The Balaban J connectivity index is 1.92. The summed E-state index contributed by atoms with van der Waals surface area (Å²) in [5, 5.41) is 0.307. The lowest BCUT2D eigenvalue weighted by Gasteiger charge is -2.38. The molecule has 1 fully saturated rings. The van der Waals surface area contributed by atoms with E-state index in [-0.39, 0.29) is 0 Å². The minimum absolute atomic E-state index is 0.307. The maximum atomic E-state index is 6.41. The number of likely N-dealkylation sites (tertiary alicyclic amines) is 1. The number of hydrogen-bond donors (Lipinski definition) is 0. The van der Waals surface area contributed by atoms with Crippen molar-refractivity contribution in [3.63, 3.8) is 0 Å². The van der Waals surface area contributed by atoms with Crippen LogP contribution in [0.3, 0.4) is 0 Å². The van der Waals surface area contributed by atoms with Gasteiger partial charge >= 0.3 is 0 Å². The minimum Gasteiger partial charge on any atom is -0.415 e. The predicted molar refractivity (Wildman–Crippen MR) is 84.4 cm³/mol. The molecule has 1 atom stereocenters. The highest BCUT2D eigenvalue weighted by molar-refractivity contribution is 6.74. The Morgan fingerprint density at radius 3 is 2.63 bits per heavy atom. The van der Waals surface area contributed by atoms with Gasteiger partial charge in [0, 0.05) is 19.5 Å². The highest BCUT2D eigenvalue weighted by Crippen LogP contribution is 2.37. The van der Waals surface area contributed by atoms with Crippen molar-refractivity contribution in [3.05, 3.63) is 0 Å². The molecule has 0 aromatic rings. The van der Waals surface area contributed by atoms with Gasteiger partial charge in [0.05, 0.1) is 18.5 Å². The number of rotatable bonds is 3. The van der Waals surface area contributed by atoms with E-state index in [1.807, 2.05) is 0 Å². The SMILES string of the molecule is CC(C)(C)[Si](C)(C)OCC1CCCN1C1=NCCC1. The van der Waals surface area contributed by atoms with E-state index in [0.717, 1.165) is 13.2 Å². The normalized spacial score (nSPS) is 25.0. The summed E-state index contributed by atoms with van der Waals surface area (Å²) in [5.41, 5.74) is 0. The van der Waals surface area contributed by atoms with E-state index in [1.165, 1.54) is 38.1 Å². The molecule has 2 heterocycles. The average molecular weight is 283 g/mol. The van der Waals surface area contributed by atoms with Crippen LogP contribution in [0.2, 0.25) is 18.1 Å². The fraction of sp³-hybridized carbons (Fsp3) is 0.933. The first-order valence-corrected chi connectivity index (χ1v) is 10.7. The standard InChI is InChI=1S/C15H30N2OSi/c1-15(2,3)19(4,5)18-12-13-8-7-11-17(13)14-9-6-10-16-14/h13H,6-12H2,1-5H3. The van der Waals surface area contributed by atoms with E-state index in [9.17, 15) is 0 Å². The minimum atomic E-state index is -1.61. The lowest BCUT2D eigenvalue weighted by atomic mass is 10.2. The highest BCUT2D eigenvalue weighted by atomic mass is 28.4. The molecule has 19 heavy (non-hydrogen) atoms. The Kier molecular flexibility index (Phi) is 4.41. The number of nitrogens with zero attached hydrogens (tertiary/aromatic N) is 2. The van der Waals surface area contributed by atoms with Crippen LogP contribution in [0.15, 0.2) is 4.99 Å². The van der Waals surface area contributed by atoms with Gasteiger partial charge in [-0.2, -0.15) is 0 Å². The number of amidine groups is 1. The molecule has 0 radical (unpaired) electrons. The zero-order valence-corrected chi connectivity index (χ0v) is 14.3. The Labute approximate surface area is 119 Å². The van der Waals surface area contributed by atoms with E-state index in [1.54, 1.807) is 0 Å². The molecule has 0 aromatic heterocycles. The summed E-state index contributed by atoms with van der Waals surface area (Å²) in [6.45, 7) is 14.7. The highest BCUT2D eigenvalue weighted by Gasteiger charge is 2.39. The smallest absolute Gasteiger partial charge is 0.192 e. The first kappa shape index (κ1) is 15.0. The summed E-state index contributed by atoms with van der Waals surface area (Å²) < 4.78 is 6.41. The summed E-state index contributed by atoms with van der Waals surface area (Å²) in [6, 6.07) is 0.575. The summed E-state index contributed by atoms with van der Waals surface area (Å²) in [7, 11) is -1.61. The summed E-state index contributed by atoms with van der Waals surface area (Å²) >= 11 is 0. The lowest BCUT2D eigenvalue weighted by molar-refractivity contribution is 0.209. The van der Waals surface area contributed by atoms with E-state index in [2.05, 4.69) is 43.8 Å². The molecule has 0 bridgehead atoms. The molecule has 0 amide bonds. The first-order valence-electron chi connectivity index (χ1n) is 7.75. The predicted octanol–water partition coefficient (Wildman–Crippen LogP) is 3.66. The van der Waals surface area contributed by atoms with Crippen LogP contribution in [0.25, 0.3) is 0 Å². The van der Waals surface area contributed by atoms with E-state index >= 15 is 0 Å². The second-order valence-electron chi connectivity index (χ2n) is 7.46. The molecule has 4 heteroatoms. The summed E-state index contributed by atoms with van der Waals surface area (Å²) in [5.74, 6) is 1.35. The van der Waals surface area contributed by atoms with Gasteiger partial charge in [0.2, 0.25) is 0 Å². The second-order valence-corrected chi connectivity index (χ2v) is 12.3. The van der Waals surface area contributed by atoms with Crippen molar-refractivity contribution in [1.29, 1.82) is 0 Å². The number of hydrogen-bond acceptors (Lipinski definition) is 3. The van der Waals surface area contributed by atoms with Gasteiger partial charge in [0.15, 0.2) is 8.32 Å². The Hall–Kier alpha value is -0.353. The molecule has 0 aromatic carbocycles. The van der Waals surface area contributed by atoms with Gasteiger partial charge in [-0.1, -0.05) is 20.8 Å². The molecule has 2 aliphatic rings. The summed E-state index contributed by atoms with van der Waals surface area (Å²) in [6.07, 6.45) is 4.98. The molecular weight excluding hydrogens is 252 g/mol. The Bertz CT molecular complexity index is 347. The lowest BCUT2D eigenvalue weighted by Crippen LogP contribution is -2.45. The van der Waals surface area contributed by atoms with Crippen LogP contribution in [0.5, 0.6) is 0 Å². The van der Waals surface area contributed by atoms with Crippen LogP contribution < -0.4 is 0 Å². The van der Waals surface area contributed by atoms with Crippen molar-refractivity contribution in [3.8, 4) is 0 Å². The van der Waals surface area contributed by atoms with Crippen LogP contribution in [-0.2, 0) is 4.43 Å². The third-order valence-corrected chi connectivity index (χ3v) is 9.50. The largest absolute Gasteiger partial charge is 0.415 e. The van der Waals surface area contributed by atoms with Crippen LogP contribution >= 0.6 is 0 Å². The van der Waals surface area contributed by atoms with Crippen LogP contribution in [0.4, 0.5) is 0 Å². The van der Waals surface area contributed by atoms with E-state index in [4.69, 9.17) is 4.43 Å². The van der Waals surface area contributed by atoms with Gasteiger partial charge in [-0.15, -0.1) is 0 Å². The fourth-order valence-electron chi connectivity index (χ4n) is 2.63. The van der Waals surface area contributed by atoms with Gasteiger partial charge in [-0.05, 0) is 37.4 Å². The van der Waals surface area contributed by atoms with E-state index < -0.39 is 8.32 Å². The fourth-order valence-corrected chi connectivity index (χ4v) is 3.67. The van der Waals surface area contributed by atoms with Crippen molar-refractivity contribution in [2.24, 2.45) is 4.99 Å². The molecule has 0 saturated carbocycles. The van der Waals surface area contributed by atoms with Crippen molar-refractivity contribution in [2.75, 3.05) is 19.7 Å². The van der Waals surface area contributed by atoms with Gasteiger partial charge in [-0.3, -0.25) is 4.99 Å². The monoisotopic (exact) mass is 282 g/mol. The van der Waals surface area contributed by atoms with Crippen molar-refractivity contribution in [2.45, 2.75) is 70.6 Å². The third kappa shape index (κ3) is 3.40. The second kappa shape index (κ2) is 5.56. The van der Waals surface area contributed by atoms with Crippen LogP contribution in [0.1, 0.15) is 46.5 Å². The van der Waals surface area contributed by atoms with Gasteiger partial charge < -0.3 is 9.33 Å². The van der Waals surface area contributed by atoms with Crippen molar-refractivity contribution >= 4 is 14.2 Å². The topological polar surface area (TPSA) is 24.8 Å². The van der Waals surface area contributed by atoms with Crippen LogP contribution in [0, 0.1) is 0 Å². The number of aliphatic imine (C=N–C) groups is 1. The zero-order valence-electron chi connectivity index (χ0n) is 13.3. The summed E-state index contributed by atoms with van der Waals surface area (Å²) in [4.78, 5) is 7.19. The molecule has 110 valence electrons. The molecule has 3 nitrogen and oxygen atoms in total. The average Bonchev–Trinajstić information content (AvgIpc) is 2.95. The molecule has 0 N–H and O–H groups in total.